The van der Waals surface area contributed by atoms with Gasteiger partial charge in [-0.25, -0.2) is 0 Å². The van der Waals surface area contributed by atoms with Crippen LogP contribution < -0.4 is 0 Å². The molecular formula is C18H24O2. The van der Waals surface area contributed by atoms with Gasteiger partial charge >= 0.3 is 0 Å². The molecule has 0 amide bonds. The largest absolute Gasteiger partial charge is 0.508 e. The highest BCUT2D eigenvalue weighted by molar-refractivity contribution is 5.40. The Morgan fingerprint density at radius 3 is 3.00 bits per heavy atom. The van der Waals surface area contributed by atoms with E-state index in [1.54, 1.807) is 12.1 Å². The number of hydrogen-bond donors (Lipinski definition) is 2. The fourth-order valence-corrected chi connectivity index (χ4v) is 5.06. The van der Waals surface area contributed by atoms with Crippen LogP contribution in [-0.4, -0.2) is 16.3 Å². The van der Waals surface area contributed by atoms with Gasteiger partial charge in [0.05, 0.1) is 6.10 Å². The number of rotatable bonds is 0. The van der Waals surface area contributed by atoms with Crippen LogP contribution in [0.25, 0.3) is 0 Å². The lowest BCUT2D eigenvalue weighted by Crippen LogP contribution is -2.43. The molecule has 2 saturated carbocycles. The van der Waals surface area contributed by atoms with Crippen molar-refractivity contribution in [2.45, 2.75) is 57.4 Å². The van der Waals surface area contributed by atoms with E-state index in [2.05, 4.69) is 6.92 Å². The van der Waals surface area contributed by atoms with Gasteiger partial charge in [0.2, 0.25) is 0 Å². The number of aliphatic hydroxyl groups is 1. The summed E-state index contributed by atoms with van der Waals surface area (Å²) in [5, 5.41) is 20.2. The standard InChI is InChI=1S/C18H24O2/c1-18-9-8-14-13-5-3-12(19)10-11(13)2-4-15(14)16(18)6-7-17(18)20/h3,5,10,14-17,19-20H,2,4,6-9H2,1H3/t14-,15-,16+,17+,18+/m1/s1/i2T,4T/t2?,4?,14-,15-,16+,17+,18+. The average molecular weight is 276 g/mol. The second-order valence-electron chi connectivity index (χ2n) is 7.10. The quantitative estimate of drug-likeness (QED) is 0.760. The second-order valence-corrected chi connectivity index (χ2v) is 7.10. The molecule has 1 aromatic carbocycles. The third-order valence-corrected chi connectivity index (χ3v) is 6.25. The maximum absolute atomic E-state index is 10.4. The molecule has 2 nitrogen and oxygen atoms in total. The first-order chi connectivity index (χ1) is 10.4. The zero-order valence-electron chi connectivity index (χ0n) is 13.9. The summed E-state index contributed by atoms with van der Waals surface area (Å²) in [4.78, 5) is 0. The normalized spacial score (nSPS) is 51.5. The summed E-state index contributed by atoms with van der Waals surface area (Å²) in [6.07, 6.45) is 2.48. The van der Waals surface area contributed by atoms with Crippen LogP contribution >= 0.6 is 0 Å². The summed E-state index contributed by atoms with van der Waals surface area (Å²) in [6.45, 7) is 2.18. The molecule has 2 unspecified atom stereocenters. The molecule has 0 bridgehead atoms. The molecule has 0 radical (unpaired) electrons. The summed E-state index contributed by atoms with van der Waals surface area (Å²) in [6, 6.07) is 5.36. The van der Waals surface area contributed by atoms with Crippen molar-refractivity contribution in [2.75, 3.05) is 0 Å². The molecule has 2 fully saturated rings. The van der Waals surface area contributed by atoms with Crippen molar-refractivity contribution in [2.24, 2.45) is 17.3 Å². The second kappa shape index (κ2) is 4.24. The van der Waals surface area contributed by atoms with Crippen molar-refractivity contribution in [3.05, 3.63) is 29.3 Å². The molecule has 0 aromatic heterocycles. The van der Waals surface area contributed by atoms with Crippen molar-refractivity contribution in [1.29, 1.82) is 0 Å². The summed E-state index contributed by atoms with van der Waals surface area (Å²) in [7, 11) is 0. The Balaban J connectivity index is 1.80. The summed E-state index contributed by atoms with van der Waals surface area (Å²) < 4.78 is 17.1. The molecule has 4 rings (SSSR count). The highest BCUT2D eigenvalue weighted by Crippen LogP contribution is 2.60. The van der Waals surface area contributed by atoms with Crippen molar-refractivity contribution in [1.82, 2.24) is 0 Å². The Kier molecular flexibility index (Phi) is 2.26. The Bertz CT molecular complexity index is 605. The molecular weight excluding hydrogens is 248 g/mol. The number of aryl methyl sites for hydroxylation is 1. The predicted octanol–water partition coefficient (Wildman–Crippen LogP) is 3.61. The van der Waals surface area contributed by atoms with Crippen LogP contribution in [0.4, 0.5) is 0 Å². The summed E-state index contributed by atoms with van der Waals surface area (Å²) in [5.41, 5.74) is 1.92. The molecule has 2 heteroatoms. The van der Waals surface area contributed by atoms with Gasteiger partial charge in [0.25, 0.3) is 0 Å². The highest BCUT2D eigenvalue weighted by atomic mass is 16.3. The van der Waals surface area contributed by atoms with Crippen molar-refractivity contribution in [3.8, 4) is 5.75 Å². The van der Waals surface area contributed by atoms with E-state index in [4.69, 9.17) is 2.74 Å². The molecule has 2 N–H and O–H groups in total. The molecule has 0 spiro atoms. The fourth-order valence-electron chi connectivity index (χ4n) is 5.06. The number of aliphatic hydroxyl groups excluding tert-OH is 1. The number of phenols is 1. The third-order valence-electron chi connectivity index (χ3n) is 6.25. The first-order valence-corrected chi connectivity index (χ1v) is 7.79. The SMILES string of the molecule is [3H]C1c2cc(O)ccc2[C@H]2CC[C@]3(C)[C@@H](O)CC[C@H]3[C@@H]2C1[3H]. The number of fused-ring (bicyclic) bond motifs is 5. The van der Waals surface area contributed by atoms with E-state index in [1.165, 1.54) is 0 Å². The first-order valence-electron chi connectivity index (χ1n) is 8.94. The van der Waals surface area contributed by atoms with Crippen molar-refractivity contribution < 1.29 is 13.0 Å². The Labute approximate surface area is 123 Å². The van der Waals surface area contributed by atoms with Crippen LogP contribution in [0, 0.1) is 17.3 Å². The van der Waals surface area contributed by atoms with E-state index in [1.807, 2.05) is 6.07 Å². The Hall–Kier alpha value is -1.02. The number of hydrogen-bond acceptors (Lipinski definition) is 2. The molecule has 20 heavy (non-hydrogen) atoms. The van der Waals surface area contributed by atoms with Crippen LogP contribution in [0.2, 0.25) is 0 Å². The minimum absolute atomic E-state index is 0.0748. The zero-order valence-corrected chi connectivity index (χ0v) is 11.9. The number of aromatic hydroxyl groups is 1. The lowest BCUT2D eigenvalue weighted by molar-refractivity contribution is -0.0226. The predicted molar refractivity (Wildman–Crippen MR) is 78.7 cm³/mol. The molecule has 108 valence electrons. The van der Waals surface area contributed by atoms with Crippen LogP contribution in [0.15, 0.2) is 18.2 Å². The Morgan fingerprint density at radius 2 is 2.15 bits per heavy atom. The zero-order chi connectivity index (χ0) is 15.6. The maximum atomic E-state index is 10.4. The van der Waals surface area contributed by atoms with E-state index in [0.717, 1.165) is 36.8 Å². The van der Waals surface area contributed by atoms with Gasteiger partial charge in [-0.1, -0.05) is 13.0 Å². The van der Waals surface area contributed by atoms with Crippen LogP contribution in [0.1, 0.15) is 58.8 Å². The van der Waals surface area contributed by atoms with Gasteiger partial charge in [-0.15, -0.1) is 0 Å². The molecule has 0 heterocycles. The minimum atomic E-state index is -0.594. The highest BCUT2D eigenvalue weighted by Gasteiger charge is 2.54. The van der Waals surface area contributed by atoms with E-state index < -0.39 is 12.8 Å². The topological polar surface area (TPSA) is 40.5 Å². The van der Waals surface area contributed by atoms with Gasteiger partial charge < -0.3 is 10.2 Å². The third kappa shape index (κ3) is 1.60. The van der Waals surface area contributed by atoms with E-state index in [9.17, 15) is 10.2 Å². The molecule has 7 atom stereocenters. The molecule has 3 aliphatic carbocycles. The van der Waals surface area contributed by atoms with Gasteiger partial charge in [-0.05, 0) is 84.9 Å². The van der Waals surface area contributed by atoms with E-state index in [0.29, 0.717) is 11.8 Å². The minimum Gasteiger partial charge on any atom is -0.508 e. The van der Waals surface area contributed by atoms with Gasteiger partial charge in [0.1, 0.15) is 5.75 Å². The van der Waals surface area contributed by atoms with E-state index >= 15 is 0 Å². The van der Waals surface area contributed by atoms with Gasteiger partial charge in [0, 0.05) is 2.74 Å². The fraction of sp³-hybridized carbons (Fsp3) is 0.667. The maximum Gasteiger partial charge on any atom is 0.115 e. The van der Waals surface area contributed by atoms with Crippen molar-refractivity contribution >= 4 is 0 Å². The lowest BCUT2D eigenvalue weighted by atomic mass is 9.55. The molecule has 1 aromatic rings. The van der Waals surface area contributed by atoms with Gasteiger partial charge in [-0.3, -0.25) is 0 Å². The van der Waals surface area contributed by atoms with Crippen molar-refractivity contribution in [3.63, 3.8) is 0 Å². The van der Waals surface area contributed by atoms with Gasteiger partial charge in [0.15, 0.2) is 0 Å². The summed E-state index contributed by atoms with van der Waals surface area (Å²) in [5.74, 6) is 1.01. The molecule has 0 saturated heterocycles. The summed E-state index contributed by atoms with van der Waals surface area (Å²) >= 11 is 0. The van der Waals surface area contributed by atoms with Crippen LogP contribution in [0.3, 0.4) is 0 Å². The van der Waals surface area contributed by atoms with Crippen LogP contribution in [0.5, 0.6) is 5.75 Å². The van der Waals surface area contributed by atoms with E-state index in [-0.39, 0.29) is 23.2 Å². The van der Waals surface area contributed by atoms with Gasteiger partial charge in [-0.2, -0.15) is 0 Å². The molecule has 3 aliphatic rings. The van der Waals surface area contributed by atoms with Crippen LogP contribution in [-0.2, 0) is 6.40 Å². The number of phenolic OH excluding ortho intramolecular Hbond substituents is 1. The molecule has 0 aliphatic heterocycles. The smallest absolute Gasteiger partial charge is 0.115 e. The lowest BCUT2D eigenvalue weighted by Gasteiger charge is -2.50. The monoisotopic (exact) mass is 276 g/mol. The Morgan fingerprint density at radius 1 is 1.30 bits per heavy atom. The number of benzene rings is 1. The average Bonchev–Trinajstić information content (AvgIpc) is 2.80. The first kappa shape index (κ1) is 10.7.